The molecule has 0 aliphatic carbocycles. The van der Waals surface area contributed by atoms with Crippen LogP contribution >= 0.6 is 23.4 Å². The molecule has 6 heteroatoms. The summed E-state index contributed by atoms with van der Waals surface area (Å²) in [7, 11) is 0. The zero-order valence-electron chi connectivity index (χ0n) is 11.4. The molecule has 4 nitrogen and oxygen atoms in total. The topological polar surface area (TPSA) is 66.4 Å². The molecule has 0 heterocycles. The zero-order chi connectivity index (χ0) is 15.1. The molecule has 2 unspecified atom stereocenters. The van der Waals surface area contributed by atoms with Crippen molar-refractivity contribution in [2.24, 2.45) is 5.92 Å². The van der Waals surface area contributed by atoms with E-state index in [-0.39, 0.29) is 17.7 Å². The second kappa shape index (κ2) is 8.17. The summed E-state index contributed by atoms with van der Waals surface area (Å²) in [4.78, 5) is 23.7. The van der Waals surface area contributed by atoms with E-state index in [1.807, 2.05) is 12.1 Å². The van der Waals surface area contributed by atoms with Crippen LogP contribution < -0.4 is 5.32 Å². The summed E-state index contributed by atoms with van der Waals surface area (Å²) in [6.07, 6.45) is 0.494. The molecule has 110 valence electrons. The summed E-state index contributed by atoms with van der Waals surface area (Å²) in [5.41, 5.74) is 0. The maximum Gasteiger partial charge on any atom is 0.308 e. The number of carbonyl (C=O) groups is 2. The molecule has 0 radical (unpaired) electrons. The van der Waals surface area contributed by atoms with Gasteiger partial charge in [0.2, 0.25) is 5.91 Å². The molecule has 1 aromatic carbocycles. The number of thioether (sulfide) groups is 1. The molecule has 1 rings (SSSR count). The Morgan fingerprint density at radius 3 is 2.45 bits per heavy atom. The summed E-state index contributed by atoms with van der Waals surface area (Å²) < 4.78 is 0. The van der Waals surface area contributed by atoms with Gasteiger partial charge in [0.25, 0.3) is 0 Å². The van der Waals surface area contributed by atoms with E-state index in [0.29, 0.717) is 11.4 Å². The van der Waals surface area contributed by atoms with Gasteiger partial charge in [-0.2, -0.15) is 0 Å². The van der Waals surface area contributed by atoms with Crippen molar-refractivity contribution in [1.82, 2.24) is 5.32 Å². The van der Waals surface area contributed by atoms with Gasteiger partial charge in [-0.05, 0) is 37.6 Å². The van der Waals surface area contributed by atoms with Crippen LogP contribution in [0.2, 0.25) is 5.02 Å². The van der Waals surface area contributed by atoms with Gasteiger partial charge in [0.1, 0.15) is 0 Å². The Hall–Kier alpha value is -1.20. The summed E-state index contributed by atoms with van der Waals surface area (Å²) in [5, 5.41) is 12.0. The lowest BCUT2D eigenvalue weighted by Gasteiger charge is -2.15. The number of carboxylic acids is 1. The number of aliphatic carboxylic acids is 1. The number of amides is 1. The van der Waals surface area contributed by atoms with Crippen molar-refractivity contribution >= 4 is 35.2 Å². The second-order valence-electron chi connectivity index (χ2n) is 4.40. The Balaban J connectivity index is 2.46. The Bertz CT molecular complexity index is 464. The summed E-state index contributed by atoms with van der Waals surface area (Å²) in [6.45, 7) is 3.74. The average molecular weight is 316 g/mol. The molecular weight excluding hydrogens is 298 g/mol. The third-order valence-electron chi connectivity index (χ3n) is 2.86. The number of rotatable bonds is 7. The minimum Gasteiger partial charge on any atom is -0.481 e. The summed E-state index contributed by atoms with van der Waals surface area (Å²) >= 11 is 7.21. The molecule has 2 atom stereocenters. The first kappa shape index (κ1) is 16.9. The molecule has 20 heavy (non-hydrogen) atoms. The van der Waals surface area contributed by atoms with Crippen LogP contribution in [-0.4, -0.2) is 28.8 Å². The largest absolute Gasteiger partial charge is 0.481 e. The predicted octanol–water partition coefficient (Wildman–Crippen LogP) is 3.05. The zero-order valence-corrected chi connectivity index (χ0v) is 13.0. The van der Waals surface area contributed by atoms with Gasteiger partial charge in [0, 0.05) is 16.5 Å². The molecule has 0 aliphatic rings. The van der Waals surface area contributed by atoms with Crippen molar-refractivity contribution in [3.05, 3.63) is 29.3 Å². The van der Waals surface area contributed by atoms with Gasteiger partial charge in [-0.25, -0.2) is 0 Å². The standard InChI is InChI=1S/C14H18ClNO3S/c1-3-10(14(18)19)8-16-13(17)9(2)20-12-6-4-11(15)5-7-12/h4-7,9-10H,3,8H2,1-2H3,(H,16,17)(H,18,19). The van der Waals surface area contributed by atoms with Crippen LogP contribution in [0.5, 0.6) is 0 Å². The molecule has 1 amide bonds. The fraction of sp³-hybridized carbons (Fsp3) is 0.429. The number of hydrogen-bond acceptors (Lipinski definition) is 3. The van der Waals surface area contributed by atoms with Crippen LogP contribution in [0, 0.1) is 5.92 Å². The Morgan fingerprint density at radius 1 is 1.35 bits per heavy atom. The SMILES string of the molecule is CCC(CNC(=O)C(C)Sc1ccc(Cl)cc1)C(=O)O. The van der Waals surface area contributed by atoms with Gasteiger partial charge in [-0.3, -0.25) is 9.59 Å². The maximum absolute atomic E-state index is 11.9. The summed E-state index contributed by atoms with van der Waals surface area (Å²) in [6, 6.07) is 7.24. The van der Waals surface area contributed by atoms with Crippen LogP contribution in [0.3, 0.4) is 0 Å². The monoisotopic (exact) mass is 315 g/mol. The first-order chi connectivity index (χ1) is 9.43. The van der Waals surface area contributed by atoms with Crippen molar-refractivity contribution in [1.29, 1.82) is 0 Å². The molecular formula is C14H18ClNO3S. The van der Waals surface area contributed by atoms with Gasteiger partial charge in [0.05, 0.1) is 11.2 Å². The third-order valence-corrected chi connectivity index (χ3v) is 4.22. The number of carboxylic acid groups (broad SMARTS) is 1. The molecule has 0 aliphatic heterocycles. The predicted molar refractivity (Wildman–Crippen MR) is 81.2 cm³/mol. The van der Waals surface area contributed by atoms with Crippen LogP contribution in [-0.2, 0) is 9.59 Å². The van der Waals surface area contributed by atoms with Crippen molar-refractivity contribution in [3.63, 3.8) is 0 Å². The lowest BCUT2D eigenvalue weighted by Crippen LogP contribution is -2.36. The van der Waals surface area contributed by atoms with Crippen LogP contribution in [0.15, 0.2) is 29.2 Å². The molecule has 0 saturated carbocycles. The van der Waals surface area contributed by atoms with E-state index < -0.39 is 11.9 Å². The minimum absolute atomic E-state index is 0.162. The van der Waals surface area contributed by atoms with Crippen LogP contribution in [0.4, 0.5) is 0 Å². The molecule has 0 spiro atoms. The first-order valence-electron chi connectivity index (χ1n) is 6.36. The fourth-order valence-corrected chi connectivity index (χ4v) is 2.56. The molecule has 0 bridgehead atoms. The van der Waals surface area contributed by atoms with Crippen molar-refractivity contribution in [2.45, 2.75) is 30.4 Å². The lowest BCUT2D eigenvalue weighted by atomic mass is 10.1. The number of carbonyl (C=O) groups excluding carboxylic acids is 1. The highest BCUT2D eigenvalue weighted by Gasteiger charge is 2.19. The van der Waals surface area contributed by atoms with Gasteiger partial charge in [-0.15, -0.1) is 11.8 Å². The van der Waals surface area contributed by atoms with E-state index in [1.165, 1.54) is 11.8 Å². The minimum atomic E-state index is -0.884. The van der Waals surface area contributed by atoms with E-state index >= 15 is 0 Å². The normalized spacial score (nSPS) is 13.6. The quantitative estimate of drug-likeness (QED) is 0.759. The molecule has 0 aromatic heterocycles. The maximum atomic E-state index is 11.9. The number of nitrogens with one attached hydrogen (secondary N) is 1. The third kappa shape index (κ3) is 5.43. The molecule has 0 fully saturated rings. The van der Waals surface area contributed by atoms with Gasteiger partial charge >= 0.3 is 5.97 Å². The number of halogens is 1. The Kier molecular flexibility index (Phi) is 6.88. The smallest absolute Gasteiger partial charge is 0.308 e. The van der Waals surface area contributed by atoms with Crippen molar-refractivity contribution < 1.29 is 14.7 Å². The Morgan fingerprint density at radius 2 is 1.95 bits per heavy atom. The molecule has 1 aromatic rings. The highest BCUT2D eigenvalue weighted by molar-refractivity contribution is 8.00. The van der Waals surface area contributed by atoms with E-state index in [2.05, 4.69) is 5.32 Å². The first-order valence-corrected chi connectivity index (χ1v) is 7.62. The second-order valence-corrected chi connectivity index (χ2v) is 6.25. The molecule has 2 N–H and O–H groups in total. The number of benzene rings is 1. The van der Waals surface area contributed by atoms with E-state index in [9.17, 15) is 9.59 Å². The number of hydrogen-bond donors (Lipinski definition) is 2. The van der Waals surface area contributed by atoms with Crippen molar-refractivity contribution in [3.8, 4) is 0 Å². The lowest BCUT2D eigenvalue weighted by molar-refractivity contribution is -0.141. The van der Waals surface area contributed by atoms with Gasteiger partial charge in [-0.1, -0.05) is 18.5 Å². The van der Waals surface area contributed by atoms with Crippen LogP contribution in [0.1, 0.15) is 20.3 Å². The van der Waals surface area contributed by atoms with Gasteiger partial charge < -0.3 is 10.4 Å². The highest BCUT2D eigenvalue weighted by atomic mass is 35.5. The highest BCUT2D eigenvalue weighted by Crippen LogP contribution is 2.24. The summed E-state index contributed by atoms with van der Waals surface area (Å²) in [5.74, 6) is -1.58. The fourth-order valence-electron chi connectivity index (χ4n) is 1.54. The van der Waals surface area contributed by atoms with E-state index in [0.717, 1.165) is 4.90 Å². The average Bonchev–Trinajstić information content (AvgIpc) is 2.41. The van der Waals surface area contributed by atoms with Crippen molar-refractivity contribution in [2.75, 3.05) is 6.54 Å². The molecule has 0 saturated heterocycles. The van der Waals surface area contributed by atoms with Crippen LogP contribution in [0.25, 0.3) is 0 Å². The van der Waals surface area contributed by atoms with E-state index in [1.54, 1.807) is 26.0 Å². The van der Waals surface area contributed by atoms with E-state index in [4.69, 9.17) is 16.7 Å². The Labute approximate surface area is 127 Å². The van der Waals surface area contributed by atoms with Gasteiger partial charge in [0.15, 0.2) is 0 Å².